The van der Waals surface area contributed by atoms with Gasteiger partial charge in [0.1, 0.15) is 11.5 Å². The zero-order valence-corrected chi connectivity index (χ0v) is 13.5. The number of hydrogen-bond donors (Lipinski definition) is 2. The quantitative estimate of drug-likeness (QED) is 0.634. The van der Waals surface area contributed by atoms with Crippen molar-refractivity contribution < 1.29 is 14.6 Å². The van der Waals surface area contributed by atoms with Gasteiger partial charge in [0.25, 0.3) is 5.91 Å². The molecule has 0 fully saturated rings. The molecule has 0 unspecified atom stereocenters. The molecule has 2 aromatic carbocycles. The number of nitrogens with zero attached hydrogens (tertiary/aromatic N) is 1. The van der Waals surface area contributed by atoms with Crippen molar-refractivity contribution in [3.8, 4) is 11.5 Å². The van der Waals surface area contributed by atoms with Gasteiger partial charge in [-0.05, 0) is 36.8 Å². The van der Waals surface area contributed by atoms with Gasteiger partial charge in [0.2, 0.25) is 0 Å². The van der Waals surface area contributed by atoms with Gasteiger partial charge in [-0.15, -0.1) is 0 Å². The third kappa shape index (κ3) is 4.60. The number of aryl methyl sites for hydroxylation is 1. The topological polar surface area (TPSA) is 70.9 Å². The summed E-state index contributed by atoms with van der Waals surface area (Å²) in [6, 6.07) is 12.4. The second kappa shape index (κ2) is 7.61. The Bertz CT molecular complexity index is 702. The van der Waals surface area contributed by atoms with E-state index in [1.54, 1.807) is 18.2 Å². The number of amides is 1. The molecular formula is C16H15BrN2O3. The first-order valence-electron chi connectivity index (χ1n) is 6.55. The Kier molecular flexibility index (Phi) is 5.55. The number of aromatic hydroxyl groups is 1. The Morgan fingerprint density at radius 1 is 1.36 bits per heavy atom. The normalized spacial score (nSPS) is 10.6. The zero-order valence-electron chi connectivity index (χ0n) is 11.9. The molecule has 0 aromatic heterocycles. The fourth-order valence-electron chi connectivity index (χ4n) is 1.70. The lowest BCUT2D eigenvalue weighted by molar-refractivity contribution is -0.123. The average molecular weight is 363 g/mol. The lowest BCUT2D eigenvalue weighted by atomic mass is 10.2. The second-order valence-electron chi connectivity index (χ2n) is 4.55. The maximum absolute atomic E-state index is 11.6. The minimum absolute atomic E-state index is 0.0809. The van der Waals surface area contributed by atoms with Crippen LogP contribution in [0, 0.1) is 6.92 Å². The molecule has 0 aliphatic carbocycles. The highest BCUT2D eigenvalue weighted by Gasteiger charge is 2.03. The van der Waals surface area contributed by atoms with Gasteiger partial charge in [-0.3, -0.25) is 4.79 Å². The number of carbonyl (C=O) groups excluding carboxylic acids is 1. The standard InChI is InChI=1S/C16H15BrN2O3/c1-11-4-2-3-5-15(11)22-10-16(21)19-18-9-12-8-13(17)6-7-14(12)20/h2-9,20H,10H2,1H3,(H,19,21)/b18-9+. The number of hydrogen-bond acceptors (Lipinski definition) is 4. The average Bonchev–Trinajstić information content (AvgIpc) is 2.50. The summed E-state index contributed by atoms with van der Waals surface area (Å²) in [6.07, 6.45) is 1.37. The van der Waals surface area contributed by atoms with Crippen LogP contribution < -0.4 is 10.2 Å². The zero-order chi connectivity index (χ0) is 15.9. The minimum atomic E-state index is -0.381. The molecule has 1 amide bonds. The van der Waals surface area contributed by atoms with Crippen molar-refractivity contribution in [1.82, 2.24) is 5.43 Å². The second-order valence-corrected chi connectivity index (χ2v) is 5.47. The van der Waals surface area contributed by atoms with Crippen molar-refractivity contribution >= 4 is 28.1 Å². The Morgan fingerprint density at radius 3 is 2.91 bits per heavy atom. The fourth-order valence-corrected chi connectivity index (χ4v) is 2.08. The summed E-state index contributed by atoms with van der Waals surface area (Å²) in [5.74, 6) is 0.359. The first kappa shape index (κ1) is 16.0. The highest BCUT2D eigenvalue weighted by atomic mass is 79.9. The lowest BCUT2D eigenvalue weighted by Gasteiger charge is -2.07. The van der Waals surface area contributed by atoms with Crippen LogP contribution in [0.2, 0.25) is 0 Å². The monoisotopic (exact) mass is 362 g/mol. The van der Waals surface area contributed by atoms with Gasteiger partial charge >= 0.3 is 0 Å². The van der Waals surface area contributed by atoms with E-state index >= 15 is 0 Å². The van der Waals surface area contributed by atoms with Gasteiger partial charge in [-0.2, -0.15) is 5.10 Å². The van der Waals surface area contributed by atoms with Crippen LogP contribution >= 0.6 is 15.9 Å². The summed E-state index contributed by atoms with van der Waals surface area (Å²) in [5, 5.41) is 13.4. The van der Waals surface area contributed by atoms with Crippen molar-refractivity contribution in [1.29, 1.82) is 0 Å². The van der Waals surface area contributed by atoms with Crippen molar-refractivity contribution in [3.63, 3.8) is 0 Å². The summed E-state index contributed by atoms with van der Waals surface area (Å²) < 4.78 is 6.21. The lowest BCUT2D eigenvalue weighted by Crippen LogP contribution is -2.24. The van der Waals surface area contributed by atoms with Crippen LogP contribution in [0.4, 0.5) is 0 Å². The van der Waals surface area contributed by atoms with Crippen molar-refractivity contribution in [2.24, 2.45) is 5.10 Å². The van der Waals surface area contributed by atoms with Gasteiger partial charge < -0.3 is 9.84 Å². The molecular weight excluding hydrogens is 348 g/mol. The Hall–Kier alpha value is -2.34. The maximum atomic E-state index is 11.6. The van der Waals surface area contributed by atoms with E-state index in [9.17, 15) is 9.90 Å². The van der Waals surface area contributed by atoms with E-state index in [1.165, 1.54) is 12.3 Å². The molecule has 114 valence electrons. The van der Waals surface area contributed by atoms with Crippen LogP contribution in [-0.4, -0.2) is 23.8 Å². The first-order valence-corrected chi connectivity index (χ1v) is 7.34. The highest BCUT2D eigenvalue weighted by molar-refractivity contribution is 9.10. The molecule has 5 nitrogen and oxygen atoms in total. The minimum Gasteiger partial charge on any atom is -0.507 e. The summed E-state index contributed by atoms with van der Waals surface area (Å²) in [5.41, 5.74) is 3.80. The van der Waals surface area contributed by atoms with Gasteiger partial charge in [-0.1, -0.05) is 34.1 Å². The predicted octanol–water partition coefficient (Wildman–Crippen LogP) is 2.99. The van der Waals surface area contributed by atoms with Gasteiger partial charge in [0.05, 0.1) is 6.21 Å². The van der Waals surface area contributed by atoms with E-state index in [0.29, 0.717) is 11.3 Å². The van der Waals surface area contributed by atoms with E-state index in [1.807, 2.05) is 25.1 Å². The largest absolute Gasteiger partial charge is 0.507 e. The van der Waals surface area contributed by atoms with E-state index in [2.05, 4.69) is 26.5 Å². The van der Waals surface area contributed by atoms with Crippen LogP contribution in [0.3, 0.4) is 0 Å². The number of hydrazone groups is 1. The Morgan fingerprint density at radius 2 is 2.14 bits per heavy atom. The number of phenols is 1. The van der Waals surface area contributed by atoms with Crippen LogP contribution in [-0.2, 0) is 4.79 Å². The SMILES string of the molecule is Cc1ccccc1OCC(=O)N/N=C/c1cc(Br)ccc1O. The summed E-state index contributed by atoms with van der Waals surface area (Å²) in [7, 11) is 0. The summed E-state index contributed by atoms with van der Waals surface area (Å²) >= 11 is 3.29. The van der Waals surface area contributed by atoms with Crippen molar-refractivity contribution in [3.05, 3.63) is 58.1 Å². The number of carbonyl (C=O) groups is 1. The molecule has 0 aliphatic heterocycles. The molecule has 2 aromatic rings. The Labute approximate surface area is 136 Å². The number of benzene rings is 2. The number of para-hydroxylation sites is 1. The Balaban J connectivity index is 1.86. The summed E-state index contributed by atoms with van der Waals surface area (Å²) in [4.78, 5) is 11.6. The number of phenolic OH excluding ortho intramolecular Hbond substituents is 1. The van der Waals surface area contributed by atoms with E-state index in [4.69, 9.17) is 4.74 Å². The van der Waals surface area contributed by atoms with Crippen molar-refractivity contribution in [2.75, 3.05) is 6.61 Å². The molecule has 0 spiro atoms. The molecule has 2 rings (SSSR count). The maximum Gasteiger partial charge on any atom is 0.277 e. The van der Waals surface area contributed by atoms with Gasteiger partial charge in [-0.25, -0.2) is 5.43 Å². The molecule has 0 bridgehead atoms. The van der Waals surface area contributed by atoms with E-state index in [-0.39, 0.29) is 18.3 Å². The van der Waals surface area contributed by atoms with Crippen LogP contribution in [0.15, 0.2) is 52.0 Å². The third-order valence-corrected chi connectivity index (χ3v) is 3.33. The fraction of sp³-hybridized carbons (Fsp3) is 0.125. The van der Waals surface area contributed by atoms with Crippen LogP contribution in [0.25, 0.3) is 0 Å². The molecule has 6 heteroatoms. The van der Waals surface area contributed by atoms with E-state index < -0.39 is 0 Å². The smallest absolute Gasteiger partial charge is 0.277 e. The molecule has 0 aliphatic rings. The van der Waals surface area contributed by atoms with Gasteiger partial charge in [0, 0.05) is 10.0 Å². The molecule has 0 saturated carbocycles. The molecule has 0 atom stereocenters. The van der Waals surface area contributed by atoms with E-state index in [0.717, 1.165) is 10.0 Å². The summed E-state index contributed by atoms with van der Waals surface area (Å²) in [6.45, 7) is 1.77. The predicted molar refractivity (Wildman–Crippen MR) is 88.2 cm³/mol. The number of halogens is 1. The number of rotatable bonds is 5. The van der Waals surface area contributed by atoms with Crippen molar-refractivity contribution in [2.45, 2.75) is 6.92 Å². The highest BCUT2D eigenvalue weighted by Crippen LogP contribution is 2.20. The molecule has 0 saturated heterocycles. The molecule has 0 radical (unpaired) electrons. The van der Waals surface area contributed by atoms with Gasteiger partial charge in [0.15, 0.2) is 6.61 Å². The first-order chi connectivity index (χ1) is 10.6. The number of nitrogens with one attached hydrogen (secondary N) is 1. The molecule has 2 N–H and O–H groups in total. The number of ether oxygens (including phenoxy) is 1. The van der Waals surface area contributed by atoms with Crippen LogP contribution in [0.5, 0.6) is 11.5 Å². The van der Waals surface area contributed by atoms with Crippen LogP contribution in [0.1, 0.15) is 11.1 Å². The third-order valence-electron chi connectivity index (χ3n) is 2.83. The molecule has 22 heavy (non-hydrogen) atoms. The molecule has 0 heterocycles.